The number of hydrogen-bond donors (Lipinski definition) is 0. The molecule has 9 nitrogen and oxygen atoms in total. The van der Waals surface area contributed by atoms with Crippen molar-refractivity contribution >= 4 is 21.8 Å². The summed E-state index contributed by atoms with van der Waals surface area (Å²) in [6, 6.07) is 6.79. The molecule has 3 aromatic rings. The highest BCUT2D eigenvalue weighted by Crippen LogP contribution is 2.30. The van der Waals surface area contributed by atoms with Crippen LogP contribution in [-0.4, -0.2) is 61.2 Å². The monoisotopic (exact) mass is 417 g/mol. The number of aryl methyl sites for hydroxylation is 1. The Morgan fingerprint density at radius 1 is 1.14 bits per heavy atom. The molecule has 4 rings (SSSR count). The molecule has 146 valence electrons. The Morgan fingerprint density at radius 3 is 2.54 bits per heavy atom. The molecule has 3 heterocycles. The minimum absolute atomic E-state index is 0.291. The van der Waals surface area contributed by atoms with E-state index in [2.05, 4.69) is 25.5 Å². The van der Waals surface area contributed by atoms with E-state index in [1.807, 2.05) is 6.92 Å². The average molecular weight is 418 g/mol. The fourth-order valence-electron chi connectivity index (χ4n) is 3.15. The molecule has 28 heavy (non-hydrogen) atoms. The fraction of sp³-hybridized carbons (Fsp3) is 0.353. The van der Waals surface area contributed by atoms with E-state index in [4.69, 9.17) is 0 Å². The van der Waals surface area contributed by atoms with E-state index in [0.717, 1.165) is 29.2 Å². The lowest BCUT2D eigenvalue weighted by Gasteiger charge is -2.30. The molecular formula is C17H19N7O2S2. The van der Waals surface area contributed by atoms with Gasteiger partial charge in [-0.15, -0.1) is 5.10 Å². The first-order chi connectivity index (χ1) is 13.5. The normalized spacial score (nSPS) is 16.3. The van der Waals surface area contributed by atoms with Crippen LogP contribution in [0.25, 0.3) is 5.69 Å². The first-order valence-corrected chi connectivity index (χ1v) is 11.1. The molecule has 1 saturated heterocycles. The molecule has 0 amide bonds. The fourth-order valence-corrected chi connectivity index (χ4v) is 5.70. The van der Waals surface area contributed by atoms with E-state index in [1.54, 1.807) is 52.7 Å². The lowest BCUT2D eigenvalue weighted by atomic mass is 10.2. The number of rotatable bonds is 5. The summed E-state index contributed by atoms with van der Waals surface area (Å²) in [6.45, 7) is 2.82. The van der Waals surface area contributed by atoms with Gasteiger partial charge in [0.15, 0.2) is 5.16 Å². The van der Waals surface area contributed by atoms with Gasteiger partial charge in [-0.3, -0.25) is 0 Å². The first kappa shape index (κ1) is 19.0. The summed E-state index contributed by atoms with van der Waals surface area (Å²) >= 11 is 1.61. The minimum Gasteiger partial charge on any atom is -0.231 e. The number of piperidine rings is 1. The Balaban J connectivity index is 1.45. The SMILES string of the molecule is Cc1cc(S(=O)(=O)N2CCC(Sc3ncccn3)CC2)ccc1-n1cnnn1. The van der Waals surface area contributed by atoms with Crippen molar-refractivity contribution in [2.45, 2.75) is 35.1 Å². The Hall–Kier alpha value is -2.37. The third-order valence-corrected chi connectivity index (χ3v) is 7.74. The summed E-state index contributed by atoms with van der Waals surface area (Å²) in [7, 11) is -3.53. The van der Waals surface area contributed by atoms with Crippen LogP contribution in [0.3, 0.4) is 0 Å². The summed E-state index contributed by atoms with van der Waals surface area (Å²) in [5.41, 5.74) is 1.54. The van der Waals surface area contributed by atoms with Crippen LogP contribution in [0.15, 0.2) is 53.0 Å². The molecule has 0 radical (unpaired) electrons. The summed E-state index contributed by atoms with van der Waals surface area (Å²) in [4.78, 5) is 8.75. The maximum atomic E-state index is 13.0. The Bertz CT molecular complexity index is 1030. The molecule has 1 aromatic carbocycles. The minimum atomic E-state index is -3.53. The molecule has 11 heteroatoms. The smallest absolute Gasteiger partial charge is 0.231 e. The van der Waals surface area contributed by atoms with Gasteiger partial charge in [0.2, 0.25) is 10.0 Å². The van der Waals surface area contributed by atoms with E-state index in [9.17, 15) is 8.42 Å². The molecule has 1 fully saturated rings. The van der Waals surface area contributed by atoms with Crippen molar-refractivity contribution in [3.63, 3.8) is 0 Å². The van der Waals surface area contributed by atoms with Crippen LogP contribution in [0.4, 0.5) is 0 Å². The summed E-state index contributed by atoms with van der Waals surface area (Å²) in [5, 5.41) is 12.1. The molecule has 2 aromatic heterocycles. The van der Waals surface area contributed by atoms with Crippen LogP contribution in [-0.2, 0) is 10.0 Å². The van der Waals surface area contributed by atoms with Crippen LogP contribution >= 0.6 is 11.8 Å². The molecule has 0 aliphatic carbocycles. The van der Waals surface area contributed by atoms with Crippen LogP contribution in [0.2, 0.25) is 0 Å². The molecule has 0 spiro atoms. The van der Waals surface area contributed by atoms with Gasteiger partial charge in [0.1, 0.15) is 6.33 Å². The Labute approximate surface area is 167 Å². The van der Waals surface area contributed by atoms with Gasteiger partial charge >= 0.3 is 0 Å². The predicted molar refractivity (Wildman–Crippen MR) is 104 cm³/mol. The third-order valence-electron chi connectivity index (χ3n) is 4.62. The molecule has 1 aliphatic heterocycles. The summed E-state index contributed by atoms with van der Waals surface area (Å²) in [6.07, 6.45) is 6.45. The van der Waals surface area contributed by atoms with Crippen LogP contribution in [0, 0.1) is 6.92 Å². The molecule has 0 saturated carbocycles. The molecule has 0 unspecified atom stereocenters. The second-order valence-corrected chi connectivity index (χ2v) is 9.66. The number of nitrogens with zero attached hydrogens (tertiary/aromatic N) is 7. The van der Waals surface area contributed by atoms with Gasteiger partial charge in [-0.2, -0.15) is 4.31 Å². The summed E-state index contributed by atoms with van der Waals surface area (Å²) in [5.74, 6) is 0. The quantitative estimate of drug-likeness (QED) is 0.578. The van der Waals surface area contributed by atoms with Crippen molar-refractivity contribution in [2.24, 2.45) is 0 Å². The number of aromatic nitrogens is 6. The Morgan fingerprint density at radius 2 is 1.89 bits per heavy atom. The van der Waals surface area contributed by atoms with Gasteiger partial charge in [-0.1, -0.05) is 11.8 Å². The average Bonchev–Trinajstić information content (AvgIpc) is 3.23. The van der Waals surface area contributed by atoms with Gasteiger partial charge in [0, 0.05) is 30.7 Å². The zero-order valence-corrected chi connectivity index (χ0v) is 16.8. The first-order valence-electron chi connectivity index (χ1n) is 8.82. The lowest BCUT2D eigenvalue weighted by Crippen LogP contribution is -2.39. The highest BCUT2D eigenvalue weighted by molar-refractivity contribution is 7.99. The zero-order valence-electron chi connectivity index (χ0n) is 15.2. The van der Waals surface area contributed by atoms with Gasteiger partial charge < -0.3 is 0 Å². The molecule has 0 N–H and O–H groups in total. The maximum Gasteiger partial charge on any atom is 0.243 e. The maximum absolute atomic E-state index is 13.0. The molecule has 0 bridgehead atoms. The van der Waals surface area contributed by atoms with Crippen molar-refractivity contribution in [3.05, 3.63) is 48.5 Å². The van der Waals surface area contributed by atoms with E-state index in [1.165, 1.54) is 11.0 Å². The Kier molecular flexibility index (Phi) is 5.38. The van der Waals surface area contributed by atoms with Crippen molar-refractivity contribution in [3.8, 4) is 5.69 Å². The van der Waals surface area contributed by atoms with E-state index >= 15 is 0 Å². The van der Waals surface area contributed by atoms with Crippen molar-refractivity contribution in [1.82, 2.24) is 34.5 Å². The predicted octanol–water partition coefficient (Wildman–Crippen LogP) is 1.71. The largest absolute Gasteiger partial charge is 0.243 e. The van der Waals surface area contributed by atoms with Crippen LogP contribution < -0.4 is 0 Å². The van der Waals surface area contributed by atoms with Crippen LogP contribution in [0.5, 0.6) is 0 Å². The second-order valence-electron chi connectivity index (χ2n) is 6.46. The third kappa shape index (κ3) is 3.91. The number of tetrazole rings is 1. The lowest BCUT2D eigenvalue weighted by molar-refractivity contribution is 0.352. The highest BCUT2D eigenvalue weighted by atomic mass is 32.2. The number of thioether (sulfide) groups is 1. The second kappa shape index (κ2) is 7.94. The summed E-state index contributed by atoms with van der Waals surface area (Å²) < 4.78 is 29.2. The number of hydrogen-bond acceptors (Lipinski definition) is 8. The van der Waals surface area contributed by atoms with Gasteiger partial charge in [-0.05, 0) is 60.0 Å². The topological polar surface area (TPSA) is 107 Å². The molecule has 1 aliphatic rings. The van der Waals surface area contributed by atoms with Crippen molar-refractivity contribution in [2.75, 3.05) is 13.1 Å². The van der Waals surface area contributed by atoms with Gasteiger partial charge in [-0.25, -0.2) is 23.1 Å². The van der Waals surface area contributed by atoms with Gasteiger partial charge in [0.05, 0.1) is 10.6 Å². The number of benzene rings is 1. The highest BCUT2D eigenvalue weighted by Gasteiger charge is 2.30. The number of sulfonamides is 1. The molecule has 0 atom stereocenters. The molecular weight excluding hydrogens is 398 g/mol. The van der Waals surface area contributed by atoms with Gasteiger partial charge in [0.25, 0.3) is 0 Å². The van der Waals surface area contributed by atoms with E-state index in [-0.39, 0.29) is 0 Å². The van der Waals surface area contributed by atoms with E-state index in [0.29, 0.717) is 23.2 Å². The zero-order chi connectivity index (χ0) is 19.6. The van der Waals surface area contributed by atoms with E-state index < -0.39 is 10.0 Å². The standard InChI is InChI=1S/C17H19N7O2S2/c1-13-11-15(3-4-16(13)24-12-20-21-22-24)28(25,26)23-9-5-14(6-10-23)27-17-18-7-2-8-19-17/h2-4,7-8,11-12,14H,5-6,9-10H2,1H3. The van der Waals surface area contributed by atoms with Crippen molar-refractivity contribution < 1.29 is 8.42 Å². The van der Waals surface area contributed by atoms with Crippen LogP contribution in [0.1, 0.15) is 18.4 Å². The van der Waals surface area contributed by atoms with Crippen molar-refractivity contribution in [1.29, 1.82) is 0 Å².